The summed E-state index contributed by atoms with van der Waals surface area (Å²) in [7, 11) is 0. The predicted molar refractivity (Wildman–Crippen MR) is 158 cm³/mol. The minimum Gasteiger partial charge on any atom is -0.507 e. The number of likely N-dealkylation sites (tertiary alicyclic amines) is 1. The highest BCUT2D eigenvalue weighted by molar-refractivity contribution is 6.46. The number of aliphatic hydroxyl groups excluding tert-OH is 1. The van der Waals surface area contributed by atoms with Gasteiger partial charge in [0.15, 0.2) is 0 Å². The van der Waals surface area contributed by atoms with Crippen LogP contribution >= 0.6 is 0 Å². The first-order chi connectivity index (χ1) is 20.5. The number of carbonyl (C=O) groups is 2. The fourth-order valence-electron chi connectivity index (χ4n) is 5.99. The standard InChI is InChI=1S/C34H36N2O6/c1-23-19-27-20-26(11-12-29(27)42-23)32(37)30-31(25-9-5-10-28(21-25)41-22-24-7-3-2-4-8-24)36(34(39)33(30)38)14-6-13-35-15-17-40-18-16-35/h2-5,7-12,20-21,23,31,37H,6,13-19,22H2,1H3/b32-30+/t23-,31+/m0/s1. The Morgan fingerprint density at radius 3 is 2.60 bits per heavy atom. The number of hydrogen-bond donors (Lipinski definition) is 1. The SMILES string of the molecule is C[C@H]1Cc2cc(/C(O)=C3\C(=O)C(=O)N(CCCN4CCOCC4)[C@@H]3c3cccc(OCc4ccccc4)c3)ccc2O1. The topological polar surface area (TPSA) is 88.5 Å². The monoisotopic (exact) mass is 568 g/mol. The molecule has 218 valence electrons. The van der Waals surface area contributed by atoms with Crippen LogP contribution in [0, 0.1) is 0 Å². The molecule has 0 unspecified atom stereocenters. The van der Waals surface area contributed by atoms with Crippen molar-refractivity contribution in [3.63, 3.8) is 0 Å². The van der Waals surface area contributed by atoms with E-state index < -0.39 is 17.7 Å². The first-order valence-electron chi connectivity index (χ1n) is 14.6. The van der Waals surface area contributed by atoms with Gasteiger partial charge in [-0.3, -0.25) is 14.5 Å². The Bertz CT molecular complexity index is 1480. The fraction of sp³-hybridized carbons (Fsp3) is 0.353. The van der Waals surface area contributed by atoms with Gasteiger partial charge in [-0.25, -0.2) is 0 Å². The van der Waals surface area contributed by atoms with Gasteiger partial charge in [0.1, 0.15) is 30.0 Å². The van der Waals surface area contributed by atoms with Gasteiger partial charge in [0.05, 0.1) is 24.8 Å². The molecule has 1 N–H and O–H groups in total. The molecule has 0 radical (unpaired) electrons. The number of carbonyl (C=O) groups excluding carboxylic acids is 2. The minimum absolute atomic E-state index is 0.0491. The van der Waals surface area contributed by atoms with Gasteiger partial charge in [0, 0.05) is 38.2 Å². The molecular weight excluding hydrogens is 532 g/mol. The van der Waals surface area contributed by atoms with Gasteiger partial charge in [0.2, 0.25) is 0 Å². The largest absolute Gasteiger partial charge is 0.507 e. The molecule has 2 fully saturated rings. The van der Waals surface area contributed by atoms with Gasteiger partial charge in [-0.2, -0.15) is 0 Å². The zero-order valence-electron chi connectivity index (χ0n) is 23.8. The summed E-state index contributed by atoms with van der Waals surface area (Å²) in [5.41, 5.74) is 3.31. The van der Waals surface area contributed by atoms with Crippen LogP contribution in [0.1, 0.15) is 41.6 Å². The molecule has 6 rings (SSSR count). The van der Waals surface area contributed by atoms with Crippen LogP contribution in [0.3, 0.4) is 0 Å². The predicted octanol–water partition coefficient (Wildman–Crippen LogP) is 4.73. The number of fused-ring (bicyclic) bond motifs is 1. The highest BCUT2D eigenvalue weighted by Crippen LogP contribution is 2.41. The van der Waals surface area contributed by atoms with Crippen molar-refractivity contribution in [1.29, 1.82) is 0 Å². The van der Waals surface area contributed by atoms with Crippen LogP contribution in [-0.4, -0.2) is 72.1 Å². The summed E-state index contributed by atoms with van der Waals surface area (Å²) in [5.74, 6) is -0.0461. The van der Waals surface area contributed by atoms with E-state index in [9.17, 15) is 14.7 Å². The van der Waals surface area contributed by atoms with Crippen molar-refractivity contribution >= 4 is 17.4 Å². The van der Waals surface area contributed by atoms with Crippen LogP contribution in [0.15, 0.2) is 78.4 Å². The summed E-state index contributed by atoms with van der Waals surface area (Å²) in [5, 5.41) is 11.6. The van der Waals surface area contributed by atoms with E-state index in [0.29, 0.717) is 49.7 Å². The van der Waals surface area contributed by atoms with E-state index in [1.165, 1.54) is 0 Å². The Morgan fingerprint density at radius 2 is 1.79 bits per heavy atom. The molecule has 0 aliphatic carbocycles. The quantitative estimate of drug-likeness (QED) is 0.227. The number of morpholine rings is 1. The lowest BCUT2D eigenvalue weighted by atomic mass is 9.94. The van der Waals surface area contributed by atoms with Gasteiger partial charge in [-0.15, -0.1) is 0 Å². The molecule has 3 aliphatic heterocycles. The van der Waals surface area contributed by atoms with Gasteiger partial charge >= 0.3 is 0 Å². The lowest BCUT2D eigenvalue weighted by Crippen LogP contribution is -2.38. The number of aliphatic hydroxyl groups is 1. The van der Waals surface area contributed by atoms with E-state index in [2.05, 4.69) is 4.90 Å². The van der Waals surface area contributed by atoms with E-state index in [-0.39, 0.29) is 17.4 Å². The van der Waals surface area contributed by atoms with Crippen LogP contribution in [0.2, 0.25) is 0 Å². The average Bonchev–Trinajstić information content (AvgIpc) is 3.52. The summed E-state index contributed by atoms with van der Waals surface area (Å²) in [6.07, 6.45) is 1.46. The summed E-state index contributed by atoms with van der Waals surface area (Å²) in [6.45, 7) is 6.66. The van der Waals surface area contributed by atoms with Gasteiger partial charge in [-0.05, 0) is 60.4 Å². The molecular formula is C34H36N2O6. The zero-order chi connectivity index (χ0) is 29.1. The first kappa shape index (κ1) is 28.0. The van der Waals surface area contributed by atoms with Crippen LogP contribution in [-0.2, 0) is 27.4 Å². The van der Waals surface area contributed by atoms with Gasteiger partial charge in [-0.1, -0.05) is 42.5 Å². The van der Waals surface area contributed by atoms with E-state index in [0.717, 1.165) is 42.9 Å². The highest BCUT2D eigenvalue weighted by Gasteiger charge is 2.46. The number of benzene rings is 3. The fourth-order valence-corrected chi connectivity index (χ4v) is 5.99. The molecule has 8 nitrogen and oxygen atoms in total. The van der Waals surface area contributed by atoms with Gasteiger partial charge < -0.3 is 24.2 Å². The normalized spacial score (nSPS) is 21.8. The smallest absolute Gasteiger partial charge is 0.295 e. The number of hydrogen-bond acceptors (Lipinski definition) is 7. The van der Waals surface area contributed by atoms with Crippen molar-refractivity contribution in [3.05, 3.63) is 101 Å². The van der Waals surface area contributed by atoms with Crippen molar-refractivity contribution in [2.45, 2.75) is 38.5 Å². The second-order valence-electron chi connectivity index (χ2n) is 11.1. The number of rotatable bonds is 9. The Balaban J connectivity index is 1.32. The number of ether oxygens (including phenoxy) is 3. The summed E-state index contributed by atoms with van der Waals surface area (Å²) < 4.78 is 17.4. The molecule has 0 spiro atoms. The van der Waals surface area contributed by atoms with E-state index in [1.54, 1.807) is 11.0 Å². The minimum atomic E-state index is -0.738. The molecule has 2 atom stereocenters. The van der Waals surface area contributed by atoms with Crippen molar-refractivity contribution in [1.82, 2.24) is 9.80 Å². The molecule has 0 aromatic heterocycles. The molecule has 3 aromatic carbocycles. The number of Topliss-reactive ketones (excluding diaryl/α,β-unsaturated/α-hetero) is 1. The summed E-state index contributed by atoms with van der Waals surface area (Å²) in [4.78, 5) is 31.0. The van der Waals surface area contributed by atoms with E-state index in [4.69, 9.17) is 14.2 Å². The number of nitrogens with zero attached hydrogens (tertiary/aromatic N) is 2. The van der Waals surface area contributed by atoms with Crippen molar-refractivity contribution in [3.8, 4) is 11.5 Å². The van der Waals surface area contributed by atoms with E-state index in [1.807, 2.05) is 73.7 Å². The molecule has 8 heteroatoms. The third kappa shape index (κ3) is 5.91. The Hall–Kier alpha value is -4.14. The third-order valence-corrected chi connectivity index (χ3v) is 8.11. The van der Waals surface area contributed by atoms with Crippen molar-refractivity contribution in [2.75, 3.05) is 39.4 Å². The zero-order valence-corrected chi connectivity index (χ0v) is 23.8. The number of amides is 1. The van der Waals surface area contributed by atoms with Crippen LogP contribution < -0.4 is 9.47 Å². The van der Waals surface area contributed by atoms with Crippen LogP contribution in [0.5, 0.6) is 11.5 Å². The second-order valence-corrected chi connectivity index (χ2v) is 11.1. The molecule has 0 bridgehead atoms. The Labute approximate surface area is 246 Å². The molecule has 1 amide bonds. The van der Waals surface area contributed by atoms with Gasteiger partial charge in [0.25, 0.3) is 11.7 Å². The second kappa shape index (κ2) is 12.4. The van der Waals surface area contributed by atoms with Crippen molar-refractivity contribution in [2.24, 2.45) is 0 Å². The first-order valence-corrected chi connectivity index (χ1v) is 14.6. The van der Waals surface area contributed by atoms with E-state index >= 15 is 0 Å². The summed E-state index contributed by atoms with van der Waals surface area (Å²) >= 11 is 0. The van der Waals surface area contributed by atoms with Crippen LogP contribution in [0.25, 0.3) is 5.76 Å². The lowest BCUT2D eigenvalue weighted by Gasteiger charge is -2.29. The lowest BCUT2D eigenvalue weighted by molar-refractivity contribution is -0.140. The Kier molecular flexibility index (Phi) is 8.26. The maximum absolute atomic E-state index is 13.6. The van der Waals surface area contributed by atoms with Crippen molar-refractivity contribution < 1.29 is 28.9 Å². The Morgan fingerprint density at radius 1 is 0.976 bits per heavy atom. The molecule has 2 saturated heterocycles. The number of ketones is 1. The highest BCUT2D eigenvalue weighted by atomic mass is 16.5. The molecule has 3 heterocycles. The molecule has 42 heavy (non-hydrogen) atoms. The molecule has 3 aromatic rings. The third-order valence-electron chi connectivity index (χ3n) is 8.11. The summed E-state index contributed by atoms with van der Waals surface area (Å²) in [6, 6.07) is 22.0. The molecule has 0 saturated carbocycles. The van der Waals surface area contributed by atoms with Crippen LogP contribution in [0.4, 0.5) is 0 Å². The average molecular weight is 569 g/mol. The maximum atomic E-state index is 13.6. The molecule has 3 aliphatic rings. The maximum Gasteiger partial charge on any atom is 0.295 e.